The fourth-order valence-electron chi connectivity index (χ4n) is 2.83. The van der Waals surface area contributed by atoms with Crippen molar-refractivity contribution < 1.29 is 24.2 Å². The number of carbonyl (C=O) groups excluding carboxylic acids is 1. The number of aliphatic carboxylic acids is 1. The standard InChI is InChI=1S/C17H21NO5/c1-10-8-11(18-16(19)13-9-14(13)17(20)21)2-3-15(10)23-12-4-6-22-7-5-12/h2-3,8,12-14H,4-7,9H2,1H3,(H,18,19)(H,20,21)/t13-,14+/m0/s1. The van der Waals surface area contributed by atoms with E-state index in [0.29, 0.717) is 12.1 Å². The summed E-state index contributed by atoms with van der Waals surface area (Å²) >= 11 is 0. The number of anilines is 1. The van der Waals surface area contributed by atoms with Gasteiger partial charge in [0.15, 0.2) is 0 Å². The van der Waals surface area contributed by atoms with Crippen LogP contribution in [0.5, 0.6) is 5.75 Å². The topological polar surface area (TPSA) is 84.9 Å². The molecule has 0 radical (unpaired) electrons. The van der Waals surface area contributed by atoms with E-state index in [-0.39, 0.29) is 12.0 Å². The molecule has 0 bridgehead atoms. The zero-order chi connectivity index (χ0) is 16.4. The molecule has 1 aliphatic carbocycles. The maximum absolute atomic E-state index is 12.0. The molecule has 2 fully saturated rings. The van der Waals surface area contributed by atoms with E-state index in [0.717, 1.165) is 37.4 Å². The van der Waals surface area contributed by atoms with Crippen LogP contribution in [0.4, 0.5) is 5.69 Å². The second-order valence-electron chi connectivity index (χ2n) is 6.19. The van der Waals surface area contributed by atoms with Crippen molar-refractivity contribution in [1.82, 2.24) is 0 Å². The molecular formula is C17H21NO5. The van der Waals surface area contributed by atoms with Gasteiger partial charge in [-0.2, -0.15) is 0 Å². The molecule has 2 atom stereocenters. The van der Waals surface area contributed by atoms with Crippen LogP contribution >= 0.6 is 0 Å². The lowest BCUT2D eigenvalue weighted by molar-refractivity contribution is -0.139. The van der Waals surface area contributed by atoms with Gasteiger partial charge in [0.25, 0.3) is 0 Å². The highest BCUT2D eigenvalue weighted by molar-refractivity contribution is 5.98. The number of carboxylic acids is 1. The fraction of sp³-hybridized carbons (Fsp3) is 0.529. The highest BCUT2D eigenvalue weighted by atomic mass is 16.5. The van der Waals surface area contributed by atoms with Crippen molar-refractivity contribution in [3.8, 4) is 5.75 Å². The monoisotopic (exact) mass is 319 g/mol. The number of benzene rings is 1. The molecule has 6 nitrogen and oxygen atoms in total. The Kier molecular flexibility index (Phi) is 4.52. The molecule has 0 spiro atoms. The van der Waals surface area contributed by atoms with Crippen LogP contribution in [0.25, 0.3) is 0 Å². The number of carbonyl (C=O) groups is 2. The molecule has 2 aliphatic rings. The first kappa shape index (κ1) is 15.8. The molecule has 124 valence electrons. The second-order valence-corrected chi connectivity index (χ2v) is 6.19. The minimum atomic E-state index is -0.901. The Labute approximate surface area is 134 Å². The summed E-state index contributed by atoms with van der Waals surface area (Å²) in [4.78, 5) is 22.8. The number of rotatable bonds is 5. The van der Waals surface area contributed by atoms with Gasteiger partial charge in [-0.25, -0.2) is 0 Å². The van der Waals surface area contributed by atoms with Crippen LogP contribution < -0.4 is 10.1 Å². The Hall–Kier alpha value is -2.08. The van der Waals surface area contributed by atoms with Crippen molar-refractivity contribution in [1.29, 1.82) is 0 Å². The lowest BCUT2D eigenvalue weighted by Gasteiger charge is -2.24. The summed E-state index contributed by atoms with van der Waals surface area (Å²) < 4.78 is 11.3. The lowest BCUT2D eigenvalue weighted by Crippen LogP contribution is -2.26. The van der Waals surface area contributed by atoms with Gasteiger partial charge in [-0.15, -0.1) is 0 Å². The summed E-state index contributed by atoms with van der Waals surface area (Å²) in [6.45, 7) is 3.38. The number of amides is 1. The van der Waals surface area contributed by atoms with Crippen molar-refractivity contribution in [2.75, 3.05) is 18.5 Å². The van der Waals surface area contributed by atoms with Gasteiger partial charge in [0.1, 0.15) is 11.9 Å². The van der Waals surface area contributed by atoms with E-state index in [1.54, 1.807) is 6.07 Å². The highest BCUT2D eigenvalue weighted by Gasteiger charge is 2.48. The Morgan fingerprint density at radius 3 is 2.61 bits per heavy atom. The van der Waals surface area contributed by atoms with E-state index in [4.69, 9.17) is 14.6 Å². The third-order valence-corrected chi connectivity index (χ3v) is 4.35. The molecule has 0 unspecified atom stereocenters. The average Bonchev–Trinajstić information content (AvgIpc) is 3.32. The SMILES string of the molecule is Cc1cc(NC(=O)[C@H]2C[C@H]2C(=O)O)ccc1OC1CCOCC1. The minimum absolute atomic E-state index is 0.172. The van der Waals surface area contributed by atoms with Gasteiger partial charge in [0.2, 0.25) is 5.91 Å². The molecule has 1 aromatic carbocycles. The molecular weight excluding hydrogens is 298 g/mol. The molecule has 23 heavy (non-hydrogen) atoms. The number of carboxylic acid groups (broad SMARTS) is 1. The van der Waals surface area contributed by atoms with Crippen molar-refractivity contribution in [3.63, 3.8) is 0 Å². The normalized spacial score (nSPS) is 24.0. The quantitative estimate of drug-likeness (QED) is 0.869. The van der Waals surface area contributed by atoms with Crippen LogP contribution in [0.1, 0.15) is 24.8 Å². The van der Waals surface area contributed by atoms with Crippen molar-refractivity contribution in [2.24, 2.45) is 11.8 Å². The first-order chi connectivity index (χ1) is 11.0. The maximum Gasteiger partial charge on any atom is 0.307 e. The summed E-state index contributed by atoms with van der Waals surface area (Å²) in [7, 11) is 0. The molecule has 1 aromatic rings. The lowest BCUT2D eigenvalue weighted by atomic mass is 10.1. The van der Waals surface area contributed by atoms with Gasteiger partial charge in [-0.05, 0) is 37.1 Å². The van der Waals surface area contributed by atoms with Crippen LogP contribution in [0.3, 0.4) is 0 Å². The number of hydrogen-bond donors (Lipinski definition) is 2. The van der Waals surface area contributed by atoms with Gasteiger partial charge in [0.05, 0.1) is 25.0 Å². The molecule has 1 saturated carbocycles. The average molecular weight is 319 g/mol. The van der Waals surface area contributed by atoms with E-state index < -0.39 is 17.8 Å². The molecule has 1 saturated heterocycles. The first-order valence-corrected chi connectivity index (χ1v) is 7.93. The molecule has 1 heterocycles. The molecule has 1 amide bonds. The zero-order valence-corrected chi connectivity index (χ0v) is 13.1. The van der Waals surface area contributed by atoms with Crippen LogP contribution in [-0.2, 0) is 14.3 Å². The molecule has 2 N–H and O–H groups in total. The van der Waals surface area contributed by atoms with Gasteiger partial charge in [-0.1, -0.05) is 0 Å². The van der Waals surface area contributed by atoms with Gasteiger partial charge in [0, 0.05) is 18.5 Å². The van der Waals surface area contributed by atoms with Crippen molar-refractivity contribution in [3.05, 3.63) is 23.8 Å². The molecule has 3 rings (SSSR count). The largest absolute Gasteiger partial charge is 0.490 e. The second kappa shape index (κ2) is 6.58. The van der Waals surface area contributed by atoms with Gasteiger partial charge in [-0.3, -0.25) is 9.59 Å². The van der Waals surface area contributed by atoms with E-state index in [2.05, 4.69) is 5.32 Å². The molecule has 0 aromatic heterocycles. The Balaban J connectivity index is 1.58. The first-order valence-electron chi connectivity index (χ1n) is 7.93. The number of ether oxygens (including phenoxy) is 2. The van der Waals surface area contributed by atoms with Crippen molar-refractivity contribution >= 4 is 17.6 Å². The smallest absolute Gasteiger partial charge is 0.307 e. The third-order valence-electron chi connectivity index (χ3n) is 4.35. The van der Waals surface area contributed by atoms with Crippen LogP contribution in [0.2, 0.25) is 0 Å². The predicted octanol–water partition coefficient (Wildman–Crippen LogP) is 2.21. The zero-order valence-electron chi connectivity index (χ0n) is 13.1. The maximum atomic E-state index is 12.0. The van der Waals surface area contributed by atoms with E-state index in [1.165, 1.54) is 0 Å². The summed E-state index contributed by atoms with van der Waals surface area (Å²) in [6, 6.07) is 5.49. The number of aryl methyl sites for hydroxylation is 1. The number of nitrogens with one attached hydrogen (secondary N) is 1. The Morgan fingerprint density at radius 1 is 1.26 bits per heavy atom. The summed E-state index contributed by atoms with van der Waals surface area (Å²) in [6.07, 6.45) is 2.36. The summed E-state index contributed by atoms with van der Waals surface area (Å²) in [5, 5.41) is 11.7. The van der Waals surface area contributed by atoms with E-state index >= 15 is 0 Å². The van der Waals surface area contributed by atoms with Crippen molar-refractivity contribution in [2.45, 2.75) is 32.3 Å². The Morgan fingerprint density at radius 2 is 2.00 bits per heavy atom. The summed E-state index contributed by atoms with van der Waals surface area (Å²) in [5.41, 5.74) is 1.61. The minimum Gasteiger partial charge on any atom is -0.490 e. The molecule has 6 heteroatoms. The van der Waals surface area contributed by atoms with Crippen LogP contribution in [0, 0.1) is 18.8 Å². The summed E-state index contributed by atoms with van der Waals surface area (Å²) in [5.74, 6) is -1.26. The highest BCUT2D eigenvalue weighted by Crippen LogP contribution is 2.39. The van der Waals surface area contributed by atoms with Crippen LogP contribution in [-0.4, -0.2) is 36.3 Å². The van der Waals surface area contributed by atoms with E-state index in [1.807, 2.05) is 19.1 Å². The van der Waals surface area contributed by atoms with E-state index in [9.17, 15) is 9.59 Å². The predicted molar refractivity (Wildman–Crippen MR) is 83.5 cm³/mol. The van der Waals surface area contributed by atoms with Gasteiger partial charge >= 0.3 is 5.97 Å². The third kappa shape index (κ3) is 3.82. The van der Waals surface area contributed by atoms with Crippen LogP contribution in [0.15, 0.2) is 18.2 Å². The fourth-order valence-corrected chi connectivity index (χ4v) is 2.83. The Bertz CT molecular complexity index is 609. The number of hydrogen-bond acceptors (Lipinski definition) is 4. The van der Waals surface area contributed by atoms with Gasteiger partial charge < -0.3 is 19.9 Å². The molecule has 1 aliphatic heterocycles.